The van der Waals surface area contributed by atoms with Crippen LogP contribution in [0, 0.1) is 18.7 Å². The Morgan fingerprint density at radius 2 is 1.73 bits per heavy atom. The summed E-state index contributed by atoms with van der Waals surface area (Å²) in [5.41, 5.74) is 3.86. The van der Waals surface area contributed by atoms with Gasteiger partial charge in [-0.25, -0.2) is 9.37 Å². The molecule has 0 spiro atoms. The molecule has 0 amide bonds. The van der Waals surface area contributed by atoms with Crippen LogP contribution in [0.5, 0.6) is 0 Å². The Balaban J connectivity index is 1.24. The van der Waals surface area contributed by atoms with E-state index in [4.69, 9.17) is 4.42 Å². The highest BCUT2D eigenvalue weighted by molar-refractivity contribution is 7.84. The van der Waals surface area contributed by atoms with Gasteiger partial charge in [-0.05, 0) is 73.9 Å². The number of ketones is 1. The number of halogens is 1. The molecule has 0 aliphatic heterocycles. The molecule has 1 aromatic heterocycles. The van der Waals surface area contributed by atoms with E-state index in [0.717, 1.165) is 23.5 Å². The summed E-state index contributed by atoms with van der Waals surface area (Å²) >= 11 is 0. The second kappa shape index (κ2) is 11.0. The molecule has 0 saturated heterocycles. The van der Waals surface area contributed by atoms with Crippen molar-refractivity contribution in [1.29, 1.82) is 0 Å². The van der Waals surface area contributed by atoms with Gasteiger partial charge in [0.2, 0.25) is 5.89 Å². The van der Waals surface area contributed by atoms with Crippen LogP contribution in [0.3, 0.4) is 0 Å². The van der Waals surface area contributed by atoms with Gasteiger partial charge in [0, 0.05) is 22.8 Å². The minimum atomic E-state index is -1.33. The van der Waals surface area contributed by atoms with Gasteiger partial charge in [0.25, 0.3) is 0 Å². The van der Waals surface area contributed by atoms with Gasteiger partial charge < -0.3 is 4.42 Å². The third-order valence-electron chi connectivity index (χ3n) is 6.09. The Morgan fingerprint density at radius 1 is 1.06 bits per heavy atom. The number of aryl methyl sites for hydroxylation is 3. The van der Waals surface area contributed by atoms with E-state index in [1.807, 2.05) is 19.1 Å². The number of Topliss-reactive ketones (excluding diaryl/α,β-unsaturated/α-hetero) is 1. The smallest absolute Gasteiger partial charge is 0.226 e. The van der Waals surface area contributed by atoms with Crippen LogP contribution in [0.2, 0.25) is 0 Å². The molecule has 1 atom stereocenters. The van der Waals surface area contributed by atoms with Crippen molar-refractivity contribution < 1.29 is 17.8 Å². The molecule has 3 aromatic rings. The Hall–Kier alpha value is -2.60. The number of oxazole rings is 1. The first-order valence-electron chi connectivity index (χ1n) is 11.6. The maximum absolute atomic E-state index is 13.0. The minimum absolute atomic E-state index is 0.0146. The van der Waals surface area contributed by atoms with Crippen molar-refractivity contribution in [2.75, 3.05) is 5.75 Å². The number of rotatable bonds is 12. The van der Waals surface area contributed by atoms with E-state index in [1.54, 1.807) is 12.1 Å². The molecule has 1 aliphatic carbocycles. The second-order valence-electron chi connectivity index (χ2n) is 8.95. The van der Waals surface area contributed by atoms with Gasteiger partial charge >= 0.3 is 0 Å². The summed E-state index contributed by atoms with van der Waals surface area (Å²) in [7, 11) is -1.33. The molecule has 1 fully saturated rings. The van der Waals surface area contributed by atoms with Gasteiger partial charge in [-0.1, -0.05) is 37.1 Å². The highest BCUT2D eigenvalue weighted by Crippen LogP contribution is 2.33. The standard InChI is InChI=1S/C27H30FNO3S/c1-19-26(18-33(31)17-25(30)4-2-3-20-11-15-24(28)16-12-20)29-27(32-19)23-13-9-22(10-14-23)8-7-21-5-6-21/h9-16,21H,2-8,17-18H2,1H3. The van der Waals surface area contributed by atoms with Crippen LogP contribution >= 0.6 is 0 Å². The number of carbonyl (C=O) groups excluding carboxylic acids is 1. The van der Waals surface area contributed by atoms with E-state index in [0.29, 0.717) is 36.6 Å². The lowest BCUT2D eigenvalue weighted by Crippen LogP contribution is -2.12. The van der Waals surface area contributed by atoms with Crippen molar-refractivity contribution in [1.82, 2.24) is 4.98 Å². The summed E-state index contributed by atoms with van der Waals surface area (Å²) in [5.74, 6) is 2.01. The minimum Gasteiger partial charge on any atom is -0.441 e. The zero-order valence-corrected chi connectivity index (χ0v) is 19.8. The summed E-state index contributed by atoms with van der Waals surface area (Å²) in [4.78, 5) is 16.8. The summed E-state index contributed by atoms with van der Waals surface area (Å²) in [6.07, 6.45) is 6.84. The van der Waals surface area contributed by atoms with Crippen molar-refractivity contribution in [3.8, 4) is 11.5 Å². The lowest BCUT2D eigenvalue weighted by atomic mass is 10.1. The van der Waals surface area contributed by atoms with E-state index in [1.165, 1.54) is 37.0 Å². The maximum Gasteiger partial charge on any atom is 0.226 e. The van der Waals surface area contributed by atoms with E-state index in [9.17, 15) is 13.4 Å². The van der Waals surface area contributed by atoms with Crippen molar-refractivity contribution in [3.05, 3.63) is 76.9 Å². The second-order valence-corrected chi connectivity index (χ2v) is 10.4. The van der Waals surface area contributed by atoms with Gasteiger partial charge in [0.15, 0.2) is 0 Å². The summed E-state index contributed by atoms with van der Waals surface area (Å²) in [5, 5.41) is 0. The van der Waals surface area contributed by atoms with Gasteiger partial charge in [-0.15, -0.1) is 0 Å². The molecular weight excluding hydrogens is 437 g/mol. The Kier molecular flexibility index (Phi) is 7.86. The summed E-state index contributed by atoms with van der Waals surface area (Å²) in [6, 6.07) is 14.6. The van der Waals surface area contributed by atoms with Crippen LogP contribution in [-0.4, -0.2) is 20.7 Å². The maximum atomic E-state index is 13.0. The van der Waals surface area contributed by atoms with Gasteiger partial charge in [-0.2, -0.15) is 0 Å². The highest BCUT2D eigenvalue weighted by Gasteiger charge is 2.20. The Morgan fingerprint density at radius 3 is 2.42 bits per heavy atom. The average molecular weight is 468 g/mol. The fourth-order valence-corrected chi connectivity index (χ4v) is 5.05. The lowest BCUT2D eigenvalue weighted by molar-refractivity contribution is -0.116. The molecular formula is C27H30FNO3S. The molecule has 0 radical (unpaired) electrons. The number of aromatic nitrogens is 1. The van der Waals surface area contributed by atoms with Gasteiger partial charge in [-0.3, -0.25) is 9.00 Å². The molecule has 0 bridgehead atoms. The molecule has 1 heterocycles. The number of benzene rings is 2. The Labute approximate surface area is 197 Å². The number of hydrogen-bond acceptors (Lipinski definition) is 4. The van der Waals surface area contributed by atoms with Crippen molar-refractivity contribution in [2.24, 2.45) is 5.92 Å². The van der Waals surface area contributed by atoms with Crippen LogP contribution < -0.4 is 0 Å². The van der Waals surface area contributed by atoms with Gasteiger partial charge in [0.05, 0.1) is 17.2 Å². The van der Waals surface area contributed by atoms with Gasteiger partial charge in [0.1, 0.15) is 17.4 Å². The third-order valence-corrected chi connectivity index (χ3v) is 7.33. The largest absolute Gasteiger partial charge is 0.441 e. The number of nitrogens with zero attached hydrogens (tertiary/aromatic N) is 1. The fraction of sp³-hybridized carbons (Fsp3) is 0.407. The van der Waals surface area contributed by atoms with E-state index in [-0.39, 0.29) is 23.1 Å². The first-order chi connectivity index (χ1) is 16.0. The van der Waals surface area contributed by atoms with Crippen LogP contribution in [0.1, 0.15) is 54.7 Å². The fourth-order valence-electron chi connectivity index (χ4n) is 3.87. The topological polar surface area (TPSA) is 60.2 Å². The molecule has 1 unspecified atom stereocenters. The molecule has 1 aliphatic rings. The van der Waals surface area contributed by atoms with E-state index in [2.05, 4.69) is 17.1 Å². The zero-order chi connectivity index (χ0) is 23.2. The number of hydrogen-bond donors (Lipinski definition) is 0. The molecule has 2 aromatic carbocycles. The zero-order valence-electron chi connectivity index (χ0n) is 19.0. The van der Waals surface area contributed by atoms with E-state index >= 15 is 0 Å². The van der Waals surface area contributed by atoms with Crippen LogP contribution in [-0.2, 0) is 34.2 Å². The summed E-state index contributed by atoms with van der Waals surface area (Å²) in [6.45, 7) is 1.82. The molecule has 4 nitrogen and oxygen atoms in total. The predicted molar refractivity (Wildman–Crippen MR) is 129 cm³/mol. The van der Waals surface area contributed by atoms with Crippen molar-refractivity contribution >= 4 is 16.6 Å². The molecule has 6 heteroatoms. The van der Waals surface area contributed by atoms with Crippen LogP contribution in [0.15, 0.2) is 52.9 Å². The predicted octanol–water partition coefficient (Wildman–Crippen LogP) is 5.97. The molecule has 0 N–H and O–H groups in total. The van der Waals surface area contributed by atoms with Crippen LogP contribution in [0.4, 0.5) is 4.39 Å². The van der Waals surface area contributed by atoms with Crippen molar-refractivity contribution in [3.63, 3.8) is 0 Å². The normalized spacial score (nSPS) is 14.4. The molecule has 33 heavy (non-hydrogen) atoms. The summed E-state index contributed by atoms with van der Waals surface area (Å²) < 4.78 is 31.3. The van der Waals surface area contributed by atoms with Crippen molar-refractivity contribution in [2.45, 2.75) is 57.6 Å². The average Bonchev–Trinajstić information content (AvgIpc) is 3.56. The lowest BCUT2D eigenvalue weighted by Gasteiger charge is -2.03. The Bertz CT molecular complexity index is 1100. The molecule has 4 rings (SSSR count). The van der Waals surface area contributed by atoms with Crippen LogP contribution in [0.25, 0.3) is 11.5 Å². The monoisotopic (exact) mass is 467 g/mol. The first-order valence-corrected chi connectivity index (χ1v) is 13.1. The van der Waals surface area contributed by atoms with E-state index < -0.39 is 10.8 Å². The highest BCUT2D eigenvalue weighted by atomic mass is 32.2. The third kappa shape index (κ3) is 7.19. The number of carbonyl (C=O) groups is 1. The first kappa shape index (κ1) is 23.6. The quantitative estimate of drug-likeness (QED) is 0.329. The SMILES string of the molecule is Cc1oc(-c2ccc(CCC3CC3)cc2)nc1CS(=O)CC(=O)CCCc1ccc(F)cc1. The molecule has 1 saturated carbocycles. The molecule has 174 valence electrons.